The van der Waals surface area contributed by atoms with Crippen LogP contribution in [0.5, 0.6) is 5.88 Å². The summed E-state index contributed by atoms with van der Waals surface area (Å²) in [6.45, 7) is 4.52. The number of halogens is 2. The van der Waals surface area contributed by atoms with E-state index in [2.05, 4.69) is 4.98 Å². The van der Waals surface area contributed by atoms with Crippen LogP contribution in [0.2, 0.25) is 0 Å². The van der Waals surface area contributed by atoms with Crippen molar-refractivity contribution in [3.63, 3.8) is 0 Å². The highest BCUT2D eigenvalue weighted by Crippen LogP contribution is 2.27. The number of methoxy groups -OCH3 is 1. The molecular formula is C25H24F2N2O4. The van der Waals surface area contributed by atoms with E-state index < -0.39 is 41.2 Å². The van der Waals surface area contributed by atoms with E-state index in [4.69, 9.17) is 9.47 Å². The maximum absolute atomic E-state index is 14.4. The van der Waals surface area contributed by atoms with Gasteiger partial charge in [0.25, 0.3) is 5.91 Å². The number of rotatable bonds is 6. The number of amides is 1. The molecule has 1 amide bonds. The first-order valence-corrected chi connectivity index (χ1v) is 10.2. The molecule has 8 heteroatoms. The molecule has 2 aromatic carbocycles. The van der Waals surface area contributed by atoms with Crippen LogP contribution in [0.15, 0.2) is 60.8 Å². The molecule has 0 saturated carbocycles. The second-order valence-electron chi connectivity index (χ2n) is 8.21. The molecule has 3 aromatic rings. The Morgan fingerprint density at radius 3 is 2.21 bits per heavy atom. The van der Waals surface area contributed by atoms with Gasteiger partial charge in [-0.1, -0.05) is 18.2 Å². The van der Waals surface area contributed by atoms with Gasteiger partial charge in [0, 0.05) is 23.5 Å². The lowest BCUT2D eigenvalue weighted by Crippen LogP contribution is -2.39. The molecule has 1 aromatic heterocycles. The molecule has 0 spiro atoms. The van der Waals surface area contributed by atoms with Crippen LogP contribution < -0.4 is 9.64 Å². The van der Waals surface area contributed by atoms with Crippen molar-refractivity contribution in [2.24, 2.45) is 0 Å². The molecule has 3 rings (SSSR count). The molecule has 0 saturated heterocycles. The number of carbonyl (C=O) groups excluding carboxylic acids is 2. The average Bonchev–Trinajstić information content (AvgIpc) is 2.76. The SMILES string of the molecule is COc1ccc(-c2cccc(N(CC(=O)OC(C)(C)C)C(=O)c3c(F)cccc3F)c2)cn1. The Kier molecular flexibility index (Phi) is 7.06. The van der Waals surface area contributed by atoms with Crippen molar-refractivity contribution in [3.8, 4) is 17.0 Å². The molecule has 0 N–H and O–H groups in total. The highest BCUT2D eigenvalue weighted by atomic mass is 19.1. The van der Waals surface area contributed by atoms with E-state index in [1.807, 2.05) is 0 Å². The number of anilines is 1. The fourth-order valence-electron chi connectivity index (χ4n) is 3.15. The fraction of sp³-hybridized carbons (Fsp3) is 0.240. The van der Waals surface area contributed by atoms with Gasteiger partial charge in [0.1, 0.15) is 29.3 Å². The fourth-order valence-corrected chi connectivity index (χ4v) is 3.15. The standard InChI is InChI=1S/C25H24F2N2O4/c1-25(2,3)33-22(30)15-29(24(31)23-19(26)9-6-10-20(23)27)18-8-5-7-16(13-18)17-11-12-21(32-4)28-14-17/h5-14H,15H2,1-4H3. The summed E-state index contributed by atoms with van der Waals surface area (Å²) >= 11 is 0. The number of pyridine rings is 1. The maximum atomic E-state index is 14.4. The molecule has 33 heavy (non-hydrogen) atoms. The lowest BCUT2D eigenvalue weighted by molar-refractivity contribution is -0.152. The van der Waals surface area contributed by atoms with Crippen molar-refractivity contribution in [1.82, 2.24) is 4.98 Å². The predicted octanol–water partition coefficient (Wildman–Crippen LogP) is 5.02. The number of ether oxygens (including phenoxy) is 2. The van der Waals surface area contributed by atoms with Gasteiger partial charge in [0.05, 0.1) is 7.11 Å². The summed E-state index contributed by atoms with van der Waals surface area (Å²) in [5.74, 6) is -3.33. The zero-order chi connectivity index (χ0) is 24.2. The van der Waals surface area contributed by atoms with Crippen LogP contribution in [-0.2, 0) is 9.53 Å². The third-order valence-corrected chi connectivity index (χ3v) is 4.57. The lowest BCUT2D eigenvalue weighted by Gasteiger charge is -2.26. The topological polar surface area (TPSA) is 68.7 Å². The van der Waals surface area contributed by atoms with Gasteiger partial charge in [-0.25, -0.2) is 13.8 Å². The number of nitrogens with zero attached hydrogens (tertiary/aromatic N) is 2. The molecule has 0 aliphatic rings. The molecule has 1 heterocycles. The molecule has 172 valence electrons. The molecule has 0 atom stereocenters. The first-order valence-electron chi connectivity index (χ1n) is 10.2. The molecule has 0 aliphatic carbocycles. The molecule has 0 radical (unpaired) electrons. The molecule has 0 unspecified atom stereocenters. The Morgan fingerprint density at radius 2 is 1.64 bits per heavy atom. The molecular weight excluding hydrogens is 430 g/mol. The van der Waals surface area contributed by atoms with Crippen LogP contribution in [0.25, 0.3) is 11.1 Å². The maximum Gasteiger partial charge on any atom is 0.326 e. The van der Waals surface area contributed by atoms with Crippen molar-refractivity contribution in [1.29, 1.82) is 0 Å². The first-order chi connectivity index (χ1) is 15.6. The number of benzene rings is 2. The molecule has 6 nitrogen and oxygen atoms in total. The van der Waals surface area contributed by atoms with E-state index >= 15 is 0 Å². The van der Waals surface area contributed by atoms with Crippen LogP contribution in [0.4, 0.5) is 14.5 Å². The molecule has 0 fully saturated rings. The summed E-state index contributed by atoms with van der Waals surface area (Å²) in [7, 11) is 1.50. The zero-order valence-electron chi connectivity index (χ0n) is 18.8. The summed E-state index contributed by atoms with van der Waals surface area (Å²) in [6, 6.07) is 13.3. The highest BCUT2D eigenvalue weighted by Gasteiger charge is 2.28. The monoisotopic (exact) mass is 454 g/mol. The predicted molar refractivity (Wildman–Crippen MR) is 120 cm³/mol. The summed E-state index contributed by atoms with van der Waals surface area (Å²) in [6.07, 6.45) is 1.59. The van der Waals surface area contributed by atoms with Crippen LogP contribution in [-0.4, -0.2) is 36.1 Å². The van der Waals surface area contributed by atoms with Gasteiger partial charge in [-0.15, -0.1) is 0 Å². The Labute approximate surface area is 190 Å². The van der Waals surface area contributed by atoms with E-state index in [0.717, 1.165) is 28.7 Å². The van der Waals surface area contributed by atoms with Gasteiger partial charge in [-0.2, -0.15) is 0 Å². The highest BCUT2D eigenvalue weighted by molar-refractivity contribution is 6.08. The van der Waals surface area contributed by atoms with E-state index in [1.54, 1.807) is 63.4 Å². The summed E-state index contributed by atoms with van der Waals surface area (Å²) in [4.78, 5) is 30.9. The zero-order valence-corrected chi connectivity index (χ0v) is 18.8. The van der Waals surface area contributed by atoms with Gasteiger partial charge in [0.2, 0.25) is 5.88 Å². The van der Waals surface area contributed by atoms with Gasteiger partial charge in [-0.3, -0.25) is 14.5 Å². The second-order valence-corrected chi connectivity index (χ2v) is 8.21. The lowest BCUT2D eigenvalue weighted by atomic mass is 10.1. The minimum absolute atomic E-state index is 0.266. The first kappa shape index (κ1) is 23.8. The van der Waals surface area contributed by atoms with Crippen molar-refractivity contribution >= 4 is 17.6 Å². The molecule has 0 bridgehead atoms. The number of hydrogen-bond acceptors (Lipinski definition) is 5. The van der Waals surface area contributed by atoms with Crippen molar-refractivity contribution in [2.45, 2.75) is 26.4 Å². The van der Waals surface area contributed by atoms with Gasteiger partial charge >= 0.3 is 5.97 Å². The van der Waals surface area contributed by atoms with Crippen LogP contribution in [0, 0.1) is 11.6 Å². The number of hydrogen-bond donors (Lipinski definition) is 0. The number of esters is 1. The van der Waals surface area contributed by atoms with Gasteiger partial charge in [-0.05, 0) is 56.7 Å². The van der Waals surface area contributed by atoms with Crippen molar-refractivity contribution in [3.05, 3.63) is 78.0 Å². The van der Waals surface area contributed by atoms with Crippen molar-refractivity contribution in [2.75, 3.05) is 18.6 Å². The van der Waals surface area contributed by atoms with Crippen LogP contribution >= 0.6 is 0 Å². The third kappa shape index (κ3) is 5.91. The van der Waals surface area contributed by atoms with E-state index in [0.29, 0.717) is 11.4 Å². The average molecular weight is 454 g/mol. The summed E-state index contributed by atoms with van der Waals surface area (Å²) in [5.41, 5.74) is 0.114. The minimum Gasteiger partial charge on any atom is -0.481 e. The number of carbonyl (C=O) groups is 2. The van der Waals surface area contributed by atoms with E-state index in [-0.39, 0.29) is 5.69 Å². The molecule has 0 aliphatic heterocycles. The van der Waals surface area contributed by atoms with E-state index in [9.17, 15) is 18.4 Å². The Morgan fingerprint density at radius 1 is 0.970 bits per heavy atom. The second kappa shape index (κ2) is 9.77. The van der Waals surface area contributed by atoms with Gasteiger partial charge < -0.3 is 9.47 Å². The minimum atomic E-state index is -1.02. The number of aromatic nitrogens is 1. The summed E-state index contributed by atoms with van der Waals surface area (Å²) in [5, 5.41) is 0. The smallest absolute Gasteiger partial charge is 0.326 e. The van der Waals surface area contributed by atoms with Gasteiger partial charge in [0.15, 0.2) is 0 Å². The Balaban J connectivity index is 2.03. The Hall–Kier alpha value is -3.81. The van der Waals surface area contributed by atoms with Crippen molar-refractivity contribution < 1.29 is 27.8 Å². The Bertz CT molecular complexity index is 1140. The normalized spacial score (nSPS) is 11.1. The largest absolute Gasteiger partial charge is 0.481 e. The summed E-state index contributed by atoms with van der Waals surface area (Å²) < 4.78 is 39.2. The van der Waals surface area contributed by atoms with E-state index in [1.165, 1.54) is 7.11 Å². The third-order valence-electron chi connectivity index (χ3n) is 4.57. The quantitative estimate of drug-likeness (QED) is 0.489. The van der Waals surface area contributed by atoms with Crippen LogP contribution in [0.3, 0.4) is 0 Å². The van der Waals surface area contributed by atoms with Crippen LogP contribution in [0.1, 0.15) is 31.1 Å².